The van der Waals surface area contributed by atoms with Gasteiger partial charge in [0.25, 0.3) is 5.69 Å². The lowest BCUT2D eigenvalue weighted by Crippen LogP contribution is -2.48. The molecule has 1 N–H and O–H groups in total. The molecule has 2 rings (SSSR count). The Balaban J connectivity index is 2.03. The van der Waals surface area contributed by atoms with Crippen LogP contribution in [0.2, 0.25) is 0 Å². The number of non-ortho nitro benzene ring substituents is 1. The molecule has 0 fully saturated rings. The van der Waals surface area contributed by atoms with Crippen LogP contribution >= 0.6 is 11.8 Å². The number of benzene rings is 2. The van der Waals surface area contributed by atoms with E-state index in [2.05, 4.69) is 12.2 Å². The molecule has 0 saturated heterocycles. The van der Waals surface area contributed by atoms with Crippen molar-refractivity contribution < 1.29 is 14.5 Å². The quantitative estimate of drug-likeness (QED) is 0.288. The van der Waals surface area contributed by atoms with E-state index >= 15 is 0 Å². The van der Waals surface area contributed by atoms with Crippen LogP contribution in [0.1, 0.15) is 43.4 Å². The predicted molar refractivity (Wildman–Crippen MR) is 128 cm³/mol. The first-order valence-electron chi connectivity index (χ1n) is 10.8. The van der Waals surface area contributed by atoms with Crippen LogP contribution < -0.4 is 5.32 Å². The van der Waals surface area contributed by atoms with Crippen molar-refractivity contribution in [2.75, 3.05) is 12.3 Å². The van der Waals surface area contributed by atoms with E-state index in [1.807, 2.05) is 31.2 Å². The summed E-state index contributed by atoms with van der Waals surface area (Å²) in [6.07, 6.45) is 1.88. The number of hydrogen-bond donors (Lipinski definition) is 1. The zero-order chi connectivity index (χ0) is 23.5. The number of amides is 2. The van der Waals surface area contributed by atoms with Gasteiger partial charge < -0.3 is 10.2 Å². The molecule has 172 valence electrons. The van der Waals surface area contributed by atoms with Crippen LogP contribution in [0.3, 0.4) is 0 Å². The summed E-state index contributed by atoms with van der Waals surface area (Å²) in [6.45, 7) is 6.78. The summed E-state index contributed by atoms with van der Waals surface area (Å²) >= 11 is 1.43. The van der Waals surface area contributed by atoms with Crippen LogP contribution in [0, 0.1) is 17.0 Å². The highest BCUT2D eigenvalue weighted by molar-refractivity contribution is 7.99. The van der Waals surface area contributed by atoms with Gasteiger partial charge >= 0.3 is 0 Å². The number of carbonyl (C=O) groups is 2. The van der Waals surface area contributed by atoms with Crippen molar-refractivity contribution in [3.8, 4) is 0 Å². The molecule has 2 aromatic carbocycles. The largest absolute Gasteiger partial charge is 0.354 e. The zero-order valence-corrected chi connectivity index (χ0v) is 19.7. The fourth-order valence-corrected chi connectivity index (χ4v) is 4.05. The molecule has 0 aliphatic rings. The first kappa shape index (κ1) is 25.4. The molecule has 1 unspecified atom stereocenters. The van der Waals surface area contributed by atoms with Crippen LogP contribution in [-0.4, -0.2) is 40.0 Å². The number of unbranched alkanes of at least 4 members (excludes halogenated alkanes) is 1. The number of carbonyl (C=O) groups excluding carboxylic acids is 2. The van der Waals surface area contributed by atoms with Gasteiger partial charge in [-0.3, -0.25) is 19.7 Å². The van der Waals surface area contributed by atoms with Gasteiger partial charge in [-0.1, -0.05) is 55.3 Å². The first-order chi connectivity index (χ1) is 15.3. The van der Waals surface area contributed by atoms with E-state index in [0.29, 0.717) is 18.8 Å². The Kier molecular flexibility index (Phi) is 10.2. The maximum Gasteiger partial charge on any atom is 0.269 e. The number of rotatable bonds is 12. The Morgan fingerprint density at radius 3 is 2.50 bits per heavy atom. The molecule has 0 bridgehead atoms. The molecule has 0 saturated carbocycles. The van der Waals surface area contributed by atoms with Gasteiger partial charge in [-0.25, -0.2) is 0 Å². The molecule has 1 atom stereocenters. The van der Waals surface area contributed by atoms with Crippen LogP contribution in [0.15, 0.2) is 48.5 Å². The number of nitro groups is 1. The summed E-state index contributed by atoms with van der Waals surface area (Å²) in [5.74, 6) is 0.505. The molecule has 2 aromatic rings. The van der Waals surface area contributed by atoms with Crippen molar-refractivity contribution in [1.82, 2.24) is 10.2 Å². The van der Waals surface area contributed by atoms with E-state index in [9.17, 15) is 19.7 Å². The third kappa shape index (κ3) is 8.00. The zero-order valence-electron chi connectivity index (χ0n) is 18.9. The molecular weight excluding hydrogens is 426 g/mol. The minimum Gasteiger partial charge on any atom is -0.354 e. The van der Waals surface area contributed by atoms with Gasteiger partial charge in [0.1, 0.15) is 6.04 Å². The summed E-state index contributed by atoms with van der Waals surface area (Å²) in [5, 5.41) is 13.7. The van der Waals surface area contributed by atoms with Gasteiger partial charge in [-0.05, 0) is 31.4 Å². The lowest BCUT2D eigenvalue weighted by atomic mass is 10.1. The van der Waals surface area contributed by atoms with Crippen molar-refractivity contribution >= 4 is 29.3 Å². The number of aryl methyl sites for hydroxylation is 1. The normalized spacial score (nSPS) is 11.6. The van der Waals surface area contributed by atoms with E-state index in [-0.39, 0.29) is 23.3 Å². The lowest BCUT2D eigenvalue weighted by molar-refractivity contribution is -0.384. The van der Waals surface area contributed by atoms with Gasteiger partial charge in [0.2, 0.25) is 11.8 Å². The van der Waals surface area contributed by atoms with Gasteiger partial charge in [0.15, 0.2) is 0 Å². The SMILES string of the molecule is CCCCNC(=O)C(C)N(Cc1cccc(C)c1)C(=O)CSCc1ccc([N+](=O)[O-])cc1. The number of nitrogens with zero attached hydrogens (tertiary/aromatic N) is 2. The number of hydrogen-bond acceptors (Lipinski definition) is 5. The monoisotopic (exact) mass is 457 g/mol. The standard InChI is InChI=1S/C24H31N3O4S/c1-4-5-13-25-24(29)19(3)26(15-21-8-6-7-18(2)14-21)23(28)17-32-16-20-9-11-22(12-10-20)27(30)31/h6-12,14,19H,4-5,13,15-17H2,1-3H3,(H,25,29). The van der Waals surface area contributed by atoms with Gasteiger partial charge in [-0.2, -0.15) is 0 Å². The Hall–Kier alpha value is -2.87. The van der Waals surface area contributed by atoms with Crippen LogP contribution in [0.5, 0.6) is 0 Å². The van der Waals surface area contributed by atoms with E-state index < -0.39 is 11.0 Å². The van der Waals surface area contributed by atoms with Crippen molar-refractivity contribution in [2.45, 2.75) is 52.0 Å². The molecule has 0 spiro atoms. The molecule has 8 heteroatoms. The maximum absolute atomic E-state index is 13.1. The van der Waals surface area contributed by atoms with Crippen molar-refractivity contribution in [3.05, 3.63) is 75.3 Å². The van der Waals surface area contributed by atoms with Crippen molar-refractivity contribution in [1.29, 1.82) is 0 Å². The molecule has 0 heterocycles. The molecule has 0 aliphatic carbocycles. The van der Waals surface area contributed by atoms with E-state index in [1.54, 1.807) is 24.0 Å². The van der Waals surface area contributed by atoms with Crippen LogP contribution in [0.4, 0.5) is 5.69 Å². The predicted octanol–water partition coefficient (Wildman–Crippen LogP) is 4.47. The van der Waals surface area contributed by atoms with E-state index in [0.717, 1.165) is 29.5 Å². The van der Waals surface area contributed by atoms with Crippen molar-refractivity contribution in [2.24, 2.45) is 0 Å². The summed E-state index contributed by atoms with van der Waals surface area (Å²) in [7, 11) is 0. The van der Waals surface area contributed by atoms with Crippen LogP contribution in [-0.2, 0) is 21.9 Å². The fraction of sp³-hybridized carbons (Fsp3) is 0.417. The Labute approximate surface area is 193 Å². The summed E-state index contributed by atoms with van der Waals surface area (Å²) in [5.41, 5.74) is 3.03. The second-order valence-electron chi connectivity index (χ2n) is 7.75. The van der Waals surface area contributed by atoms with Crippen molar-refractivity contribution in [3.63, 3.8) is 0 Å². The van der Waals surface area contributed by atoms with Gasteiger partial charge in [0, 0.05) is 31.0 Å². The Morgan fingerprint density at radius 1 is 1.16 bits per heavy atom. The highest BCUT2D eigenvalue weighted by Crippen LogP contribution is 2.19. The highest BCUT2D eigenvalue weighted by Gasteiger charge is 2.25. The molecule has 2 amide bonds. The molecular formula is C24H31N3O4S. The fourth-order valence-electron chi connectivity index (χ4n) is 3.18. The third-order valence-corrected chi connectivity index (χ3v) is 6.06. The minimum absolute atomic E-state index is 0.0436. The third-order valence-electron chi connectivity index (χ3n) is 5.07. The minimum atomic E-state index is -0.583. The Bertz CT molecular complexity index is 918. The van der Waals surface area contributed by atoms with Gasteiger partial charge in [-0.15, -0.1) is 11.8 Å². The highest BCUT2D eigenvalue weighted by atomic mass is 32.2. The first-order valence-corrected chi connectivity index (χ1v) is 11.9. The lowest BCUT2D eigenvalue weighted by Gasteiger charge is -2.29. The Morgan fingerprint density at radius 2 is 1.88 bits per heavy atom. The smallest absolute Gasteiger partial charge is 0.269 e. The molecule has 0 radical (unpaired) electrons. The number of nitro benzene ring substituents is 1. The molecule has 0 aromatic heterocycles. The molecule has 0 aliphatic heterocycles. The second-order valence-corrected chi connectivity index (χ2v) is 8.73. The summed E-state index contributed by atoms with van der Waals surface area (Å²) in [4.78, 5) is 37.7. The summed E-state index contributed by atoms with van der Waals surface area (Å²) in [6, 6.07) is 13.7. The van der Waals surface area contributed by atoms with Gasteiger partial charge in [0.05, 0.1) is 10.7 Å². The average Bonchev–Trinajstić information content (AvgIpc) is 2.77. The summed E-state index contributed by atoms with van der Waals surface area (Å²) < 4.78 is 0. The number of nitrogens with one attached hydrogen (secondary N) is 1. The maximum atomic E-state index is 13.1. The topological polar surface area (TPSA) is 92.6 Å². The molecule has 32 heavy (non-hydrogen) atoms. The average molecular weight is 458 g/mol. The van der Waals surface area contributed by atoms with Crippen LogP contribution in [0.25, 0.3) is 0 Å². The van der Waals surface area contributed by atoms with E-state index in [1.165, 1.54) is 23.9 Å². The number of thioether (sulfide) groups is 1. The molecule has 7 nitrogen and oxygen atoms in total. The van der Waals surface area contributed by atoms with E-state index in [4.69, 9.17) is 0 Å². The second kappa shape index (κ2) is 12.9.